The Morgan fingerprint density at radius 2 is 2.00 bits per heavy atom. The van der Waals surface area contributed by atoms with E-state index < -0.39 is 11.9 Å². The number of anilines is 1. The van der Waals surface area contributed by atoms with Gasteiger partial charge in [-0.25, -0.2) is 9.48 Å². The molecular weight excluding hydrogens is 320 g/mol. The molecule has 1 aromatic carbocycles. The fourth-order valence-corrected chi connectivity index (χ4v) is 2.51. The average Bonchev–Trinajstić information content (AvgIpc) is 2.90. The van der Waals surface area contributed by atoms with Crippen LogP contribution >= 0.6 is 0 Å². The van der Waals surface area contributed by atoms with Crippen molar-refractivity contribution in [3.63, 3.8) is 0 Å². The van der Waals surface area contributed by atoms with Crippen molar-refractivity contribution in [2.75, 3.05) is 18.9 Å². The molecule has 2 aromatic rings. The summed E-state index contributed by atoms with van der Waals surface area (Å²) in [5, 5.41) is 16.1. The van der Waals surface area contributed by atoms with Crippen LogP contribution in [0, 0.1) is 26.7 Å². The van der Waals surface area contributed by atoms with E-state index in [9.17, 15) is 9.59 Å². The maximum atomic E-state index is 12.3. The first kappa shape index (κ1) is 18.5. The number of carboxylic acids is 1. The number of amides is 2. The quantitative estimate of drug-likeness (QED) is 0.873. The van der Waals surface area contributed by atoms with E-state index >= 15 is 0 Å². The first-order valence-corrected chi connectivity index (χ1v) is 8.08. The summed E-state index contributed by atoms with van der Waals surface area (Å²) >= 11 is 0. The lowest BCUT2D eigenvalue weighted by Gasteiger charge is -2.19. The van der Waals surface area contributed by atoms with Gasteiger partial charge in [0.1, 0.15) is 0 Å². The zero-order chi connectivity index (χ0) is 18.7. The second kappa shape index (κ2) is 7.38. The van der Waals surface area contributed by atoms with E-state index in [1.54, 1.807) is 24.9 Å². The van der Waals surface area contributed by atoms with Gasteiger partial charge in [0.15, 0.2) is 0 Å². The molecule has 7 heteroatoms. The minimum atomic E-state index is -0.932. The fourth-order valence-electron chi connectivity index (χ4n) is 2.51. The molecule has 0 fully saturated rings. The normalized spacial score (nSPS) is 11.9. The minimum absolute atomic E-state index is 0.130. The lowest BCUT2D eigenvalue weighted by Crippen LogP contribution is -2.36. The van der Waals surface area contributed by atoms with Gasteiger partial charge in [-0.15, -0.1) is 0 Å². The van der Waals surface area contributed by atoms with E-state index in [2.05, 4.69) is 10.4 Å². The van der Waals surface area contributed by atoms with Gasteiger partial charge in [-0.05, 0) is 38.0 Å². The number of nitrogens with zero attached hydrogens (tertiary/aromatic N) is 3. The number of aryl methyl sites for hydroxylation is 2. The predicted octanol–water partition coefficient (Wildman–Crippen LogP) is 2.98. The molecule has 0 aliphatic heterocycles. The van der Waals surface area contributed by atoms with Gasteiger partial charge in [0.2, 0.25) is 0 Å². The van der Waals surface area contributed by atoms with E-state index in [0.29, 0.717) is 5.69 Å². The molecule has 0 saturated heterocycles. The molecule has 1 aromatic heterocycles. The fraction of sp³-hybridized carbons (Fsp3) is 0.389. The van der Waals surface area contributed by atoms with Crippen molar-refractivity contribution < 1.29 is 14.7 Å². The summed E-state index contributed by atoms with van der Waals surface area (Å²) in [6, 6.07) is 5.75. The highest BCUT2D eigenvalue weighted by molar-refractivity contribution is 5.90. The molecule has 2 N–H and O–H groups in total. The number of aromatic nitrogens is 2. The summed E-state index contributed by atoms with van der Waals surface area (Å²) in [5.74, 6) is -1.56. The number of nitrogens with one attached hydrogen (secondary N) is 1. The van der Waals surface area contributed by atoms with Gasteiger partial charge in [-0.1, -0.05) is 19.1 Å². The molecule has 1 unspecified atom stereocenters. The maximum Gasteiger partial charge on any atom is 0.321 e. The van der Waals surface area contributed by atoms with Crippen LogP contribution in [0.25, 0.3) is 5.69 Å². The Bertz CT molecular complexity index is 798. The lowest BCUT2D eigenvalue weighted by molar-refractivity contribution is -0.141. The van der Waals surface area contributed by atoms with Crippen LogP contribution in [-0.2, 0) is 4.79 Å². The molecule has 1 atom stereocenters. The number of carboxylic acid groups (broad SMARTS) is 1. The van der Waals surface area contributed by atoms with Gasteiger partial charge in [-0.3, -0.25) is 4.79 Å². The summed E-state index contributed by atoms with van der Waals surface area (Å²) in [4.78, 5) is 24.5. The standard InChI is InChI=1S/C18H24N4O3/c1-11-6-7-12(2)16(8-11)22-14(4)15(9-19-22)20-18(25)21(5)10-13(3)17(23)24/h6-9,13H,10H2,1-5H3,(H,20,25)(H,23,24). The summed E-state index contributed by atoms with van der Waals surface area (Å²) in [6.45, 7) is 7.60. The summed E-state index contributed by atoms with van der Waals surface area (Å²) in [7, 11) is 1.57. The highest BCUT2D eigenvalue weighted by atomic mass is 16.4. The number of urea groups is 1. The molecule has 0 saturated carbocycles. The van der Waals surface area contributed by atoms with E-state index in [1.165, 1.54) is 4.90 Å². The summed E-state index contributed by atoms with van der Waals surface area (Å²) in [5.41, 5.74) is 4.58. The van der Waals surface area contributed by atoms with Gasteiger partial charge in [0.25, 0.3) is 0 Å². The van der Waals surface area contributed by atoms with Gasteiger partial charge in [0, 0.05) is 13.6 Å². The van der Waals surface area contributed by atoms with Crippen molar-refractivity contribution in [2.24, 2.45) is 5.92 Å². The topological polar surface area (TPSA) is 87.5 Å². The third-order valence-electron chi connectivity index (χ3n) is 4.16. The molecule has 0 spiro atoms. The van der Waals surface area contributed by atoms with Gasteiger partial charge < -0.3 is 15.3 Å². The first-order chi connectivity index (χ1) is 11.7. The van der Waals surface area contributed by atoms with Crippen LogP contribution in [0.2, 0.25) is 0 Å². The smallest absolute Gasteiger partial charge is 0.321 e. The Balaban J connectivity index is 2.17. The van der Waals surface area contributed by atoms with Crippen LogP contribution in [0.4, 0.5) is 10.5 Å². The zero-order valence-electron chi connectivity index (χ0n) is 15.2. The van der Waals surface area contributed by atoms with Crippen LogP contribution in [0.15, 0.2) is 24.4 Å². The predicted molar refractivity (Wildman–Crippen MR) is 96.2 cm³/mol. The van der Waals surface area contributed by atoms with E-state index in [1.807, 2.05) is 39.0 Å². The molecule has 2 amide bonds. The molecule has 0 bridgehead atoms. The van der Waals surface area contributed by atoms with E-state index in [0.717, 1.165) is 22.5 Å². The number of aliphatic carboxylic acids is 1. The van der Waals surface area contributed by atoms with Crippen LogP contribution in [-0.4, -0.2) is 45.4 Å². The van der Waals surface area contributed by atoms with Crippen LogP contribution in [0.5, 0.6) is 0 Å². The van der Waals surface area contributed by atoms with Gasteiger partial charge in [0.05, 0.1) is 29.2 Å². The second-order valence-corrected chi connectivity index (χ2v) is 6.40. The maximum absolute atomic E-state index is 12.3. The molecule has 0 aliphatic rings. The highest BCUT2D eigenvalue weighted by Gasteiger charge is 2.19. The van der Waals surface area contributed by atoms with Crippen molar-refractivity contribution in [1.29, 1.82) is 0 Å². The third-order valence-corrected chi connectivity index (χ3v) is 4.16. The molecular formula is C18H24N4O3. The van der Waals surface area contributed by atoms with E-state index in [4.69, 9.17) is 5.11 Å². The molecule has 25 heavy (non-hydrogen) atoms. The lowest BCUT2D eigenvalue weighted by atomic mass is 10.1. The Morgan fingerprint density at radius 3 is 2.64 bits per heavy atom. The molecule has 0 aliphatic carbocycles. The largest absolute Gasteiger partial charge is 0.481 e. The van der Waals surface area contributed by atoms with Gasteiger partial charge >= 0.3 is 12.0 Å². The van der Waals surface area contributed by atoms with Crippen molar-refractivity contribution in [2.45, 2.75) is 27.7 Å². The van der Waals surface area contributed by atoms with Crippen LogP contribution in [0.3, 0.4) is 0 Å². The Morgan fingerprint density at radius 1 is 1.32 bits per heavy atom. The number of benzene rings is 1. The molecule has 2 rings (SSSR count). The number of hydrogen-bond donors (Lipinski definition) is 2. The number of carbonyl (C=O) groups is 2. The molecule has 134 valence electrons. The first-order valence-electron chi connectivity index (χ1n) is 8.08. The van der Waals surface area contributed by atoms with Crippen LogP contribution in [0.1, 0.15) is 23.7 Å². The van der Waals surface area contributed by atoms with Crippen molar-refractivity contribution in [3.05, 3.63) is 41.2 Å². The SMILES string of the molecule is Cc1ccc(C)c(-n2ncc(NC(=O)N(C)CC(C)C(=O)O)c2C)c1. The third kappa shape index (κ3) is 4.17. The van der Waals surface area contributed by atoms with Crippen molar-refractivity contribution >= 4 is 17.7 Å². The van der Waals surface area contributed by atoms with Crippen molar-refractivity contribution in [3.8, 4) is 5.69 Å². The Kier molecular flexibility index (Phi) is 5.46. The number of rotatable bonds is 5. The highest BCUT2D eigenvalue weighted by Crippen LogP contribution is 2.22. The number of hydrogen-bond acceptors (Lipinski definition) is 3. The molecule has 7 nitrogen and oxygen atoms in total. The Hall–Kier alpha value is -2.83. The second-order valence-electron chi connectivity index (χ2n) is 6.40. The molecule has 1 heterocycles. The Labute approximate surface area is 147 Å². The zero-order valence-corrected chi connectivity index (χ0v) is 15.2. The molecule has 0 radical (unpaired) electrons. The van der Waals surface area contributed by atoms with Crippen LogP contribution < -0.4 is 5.32 Å². The minimum Gasteiger partial charge on any atom is -0.481 e. The van der Waals surface area contributed by atoms with Crippen molar-refractivity contribution in [1.82, 2.24) is 14.7 Å². The monoisotopic (exact) mass is 344 g/mol. The summed E-state index contributed by atoms with van der Waals surface area (Å²) in [6.07, 6.45) is 1.60. The summed E-state index contributed by atoms with van der Waals surface area (Å²) < 4.78 is 1.79. The van der Waals surface area contributed by atoms with Gasteiger partial charge in [-0.2, -0.15) is 5.10 Å². The van der Waals surface area contributed by atoms with E-state index in [-0.39, 0.29) is 12.6 Å². The number of carbonyl (C=O) groups excluding carboxylic acids is 1. The average molecular weight is 344 g/mol.